The summed E-state index contributed by atoms with van der Waals surface area (Å²) in [6.07, 6.45) is 8.18. The molecular formula is C24H29N3O. The first kappa shape index (κ1) is 18.9. The van der Waals surface area contributed by atoms with Gasteiger partial charge in [-0.3, -0.25) is 9.88 Å². The molecule has 0 aliphatic carbocycles. The zero-order valence-electron chi connectivity index (χ0n) is 17.1. The topological polar surface area (TPSA) is 30.3 Å². The van der Waals surface area contributed by atoms with E-state index in [-0.39, 0.29) is 0 Å². The van der Waals surface area contributed by atoms with Gasteiger partial charge in [0.2, 0.25) is 0 Å². The maximum Gasteiger partial charge on any atom is 0.0529 e. The van der Waals surface area contributed by atoms with Crippen LogP contribution in [-0.2, 0) is 17.7 Å². The predicted molar refractivity (Wildman–Crippen MR) is 116 cm³/mol. The largest absolute Gasteiger partial charge is 0.385 e. The highest BCUT2D eigenvalue weighted by Gasteiger charge is 2.23. The monoisotopic (exact) mass is 375 g/mol. The van der Waals surface area contributed by atoms with E-state index in [1.165, 1.54) is 38.9 Å². The van der Waals surface area contributed by atoms with Crippen LogP contribution in [0.15, 0.2) is 42.7 Å². The normalized spacial score (nSPS) is 15.2. The summed E-state index contributed by atoms with van der Waals surface area (Å²) in [5.41, 5.74) is 8.04. The number of pyridine rings is 1. The zero-order valence-corrected chi connectivity index (χ0v) is 17.1. The molecule has 0 saturated heterocycles. The molecule has 146 valence electrons. The van der Waals surface area contributed by atoms with Crippen LogP contribution in [0.2, 0.25) is 0 Å². The number of aryl methyl sites for hydroxylation is 1. The molecule has 3 heterocycles. The molecule has 1 aliphatic rings. The molecule has 2 aromatic heterocycles. The Morgan fingerprint density at radius 2 is 2.04 bits per heavy atom. The molecule has 0 unspecified atom stereocenters. The highest BCUT2D eigenvalue weighted by molar-refractivity contribution is 5.90. The molecule has 28 heavy (non-hydrogen) atoms. The predicted octanol–water partition coefficient (Wildman–Crippen LogP) is 4.76. The van der Waals surface area contributed by atoms with Gasteiger partial charge >= 0.3 is 0 Å². The molecule has 0 spiro atoms. The minimum Gasteiger partial charge on any atom is -0.385 e. The van der Waals surface area contributed by atoms with Crippen molar-refractivity contribution in [2.24, 2.45) is 0 Å². The van der Waals surface area contributed by atoms with Gasteiger partial charge in [0.15, 0.2) is 0 Å². The number of ether oxygens (including phenoxy) is 1. The van der Waals surface area contributed by atoms with E-state index in [0.29, 0.717) is 0 Å². The molecular weight excluding hydrogens is 346 g/mol. The van der Waals surface area contributed by atoms with Gasteiger partial charge in [0.05, 0.1) is 5.52 Å². The fourth-order valence-corrected chi connectivity index (χ4v) is 4.22. The number of hydrogen-bond donors (Lipinski definition) is 0. The average molecular weight is 376 g/mol. The van der Waals surface area contributed by atoms with Crippen LogP contribution in [0.1, 0.15) is 35.7 Å². The minimum atomic E-state index is 0.831. The van der Waals surface area contributed by atoms with E-state index in [9.17, 15) is 0 Å². The van der Waals surface area contributed by atoms with E-state index >= 15 is 0 Å². The van der Waals surface area contributed by atoms with Crippen molar-refractivity contribution in [3.05, 3.63) is 65.1 Å². The Balaban J connectivity index is 1.74. The number of hydrogen-bond acceptors (Lipinski definition) is 3. The van der Waals surface area contributed by atoms with Gasteiger partial charge in [-0.05, 0) is 61.2 Å². The molecule has 0 atom stereocenters. The second-order valence-electron chi connectivity index (χ2n) is 7.74. The van der Waals surface area contributed by atoms with Crippen molar-refractivity contribution in [2.75, 3.05) is 26.8 Å². The highest BCUT2D eigenvalue weighted by Crippen LogP contribution is 2.33. The zero-order chi connectivity index (χ0) is 19.5. The SMILES string of the molecule is COCCCN1CCc2c(c3cc(C)ccc3n2/C=C(\C)c2ccncc2)C1. The molecule has 0 amide bonds. The van der Waals surface area contributed by atoms with Crippen LogP contribution in [0, 0.1) is 6.92 Å². The molecule has 0 N–H and O–H groups in total. The van der Waals surface area contributed by atoms with E-state index in [4.69, 9.17) is 4.74 Å². The van der Waals surface area contributed by atoms with E-state index in [1.54, 1.807) is 7.11 Å². The number of methoxy groups -OCH3 is 1. The average Bonchev–Trinajstić information content (AvgIpc) is 3.01. The van der Waals surface area contributed by atoms with Gasteiger partial charge in [0.25, 0.3) is 0 Å². The lowest BCUT2D eigenvalue weighted by Crippen LogP contribution is -2.32. The Labute approximate surface area is 167 Å². The summed E-state index contributed by atoms with van der Waals surface area (Å²) in [6.45, 7) is 8.42. The van der Waals surface area contributed by atoms with E-state index < -0.39 is 0 Å². The molecule has 0 fully saturated rings. The van der Waals surface area contributed by atoms with Crippen LogP contribution in [-0.4, -0.2) is 41.3 Å². The van der Waals surface area contributed by atoms with Crippen molar-refractivity contribution < 1.29 is 4.74 Å². The number of nitrogens with zero attached hydrogens (tertiary/aromatic N) is 3. The smallest absolute Gasteiger partial charge is 0.0529 e. The Kier molecular flexibility index (Phi) is 5.60. The van der Waals surface area contributed by atoms with Gasteiger partial charge in [-0.15, -0.1) is 0 Å². The number of rotatable bonds is 6. The summed E-state index contributed by atoms with van der Waals surface area (Å²) in [5, 5.41) is 1.39. The van der Waals surface area contributed by atoms with Crippen LogP contribution in [0.3, 0.4) is 0 Å². The number of fused-ring (bicyclic) bond motifs is 3. The fourth-order valence-electron chi connectivity index (χ4n) is 4.22. The highest BCUT2D eigenvalue weighted by atomic mass is 16.5. The molecule has 0 saturated carbocycles. The Hall–Kier alpha value is -2.43. The summed E-state index contributed by atoms with van der Waals surface area (Å²) < 4.78 is 7.66. The van der Waals surface area contributed by atoms with Gasteiger partial charge in [-0.2, -0.15) is 0 Å². The number of aromatic nitrogens is 2. The third-order valence-corrected chi connectivity index (χ3v) is 5.70. The molecule has 0 bridgehead atoms. The number of benzene rings is 1. The number of allylic oxidation sites excluding steroid dienone is 1. The van der Waals surface area contributed by atoms with Crippen molar-refractivity contribution in [3.8, 4) is 0 Å². The summed E-state index contributed by atoms with van der Waals surface area (Å²) in [5.74, 6) is 0. The van der Waals surface area contributed by atoms with E-state index in [0.717, 1.165) is 39.1 Å². The summed E-state index contributed by atoms with van der Waals surface area (Å²) in [4.78, 5) is 6.71. The summed E-state index contributed by atoms with van der Waals surface area (Å²) in [7, 11) is 1.78. The van der Waals surface area contributed by atoms with Crippen molar-refractivity contribution >= 4 is 22.7 Å². The Morgan fingerprint density at radius 1 is 1.21 bits per heavy atom. The first-order valence-electron chi connectivity index (χ1n) is 10.1. The molecule has 4 heteroatoms. The van der Waals surface area contributed by atoms with Gasteiger partial charge < -0.3 is 9.30 Å². The lowest BCUT2D eigenvalue weighted by atomic mass is 10.0. The lowest BCUT2D eigenvalue weighted by Gasteiger charge is -2.27. The van der Waals surface area contributed by atoms with Crippen molar-refractivity contribution in [2.45, 2.75) is 33.2 Å². The standard InChI is InChI=1S/C24H29N3O/c1-18-5-6-23-21(15-18)22-17-26(12-4-14-28-3)13-9-24(22)27(23)16-19(2)20-7-10-25-11-8-20/h5-8,10-11,15-16H,4,9,12-14,17H2,1-3H3/b19-16+. The first-order valence-corrected chi connectivity index (χ1v) is 10.1. The fraction of sp³-hybridized carbons (Fsp3) is 0.375. The van der Waals surface area contributed by atoms with Gasteiger partial charge in [0.1, 0.15) is 0 Å². The summed E-state index contributed by atoms with van der Waals surface area (Å²) in [6, 6.07) is 11.0. The van der Waals surface area contributed by atoms with Crippen LogP contribution in [0.4, 0.5) is 0 Å². The van der Waals surface area contributed by atoms with Gasteiger partial charge in [-0.1, -0.05) is 11.6 Å². The van der Waals surface area contributed by atoms with Crippen molar-refractivity contribution in [1.82, 2.24) is 14.5 Å². The maximum absolute atomic E-state index is 5.24. The Bertz CT molecular complexity index is 988. The minimum absolute atomic E-state index is 0.831. The van der Waals surface area contributed by atoms with Crippen molar-refractivity contribution in [1.29, 1.82) is 0 Å². The van der Waals surface area contributed by atoms with E-state index in [2.05, 4.69) is 64.8 Å². The van der Waals surface area contributed by atoms with Crippen LogP contribution in [0.25, 0.3) is 22.7 Å². The maximum atomic E-state index is 5.24. The van der Waals surface area contributed by atoms with Crippen LogP contribution >= 0.6 is 0 Å². The molecule has 0 radical (unpaired) electrons. The second-order valence-corrected chi connectivity index (χ2v) is 7.74. The van der Waals surface area contributed by atoms with Crippen LogP contribution in [0.5, 0.6) is 0 Å². The quantitative estimate of drug-likeness (QED) is 0.582. The molecule has 1 aromatic carbocycles. The Morgan fingerprint density at radius 3 is 2.82 bits per heavy atom. The lowest BCUT2D eigenvalue weighted by molar-refractivity contribution is 0.167. The first-order chi connectivity index (χ1) is 13.7. The van der Waals surface area contributed by atoms with Crippen LogP contribution < -0.4 is 0 Å². The molecule has 3 aromatic rings. The van der Waals surface area contributed by atoms with Crippen molar-refractivity contribution in [3.63, 3.8) is 0 Å². The molecule has 4 rings (SSSR count). The van der Waals surface area contributed by atoms with E-state index in [1.807, 2.05) is 12.4 Å². The third-order valence-electron chi connectivity index (χ3n) is 5.70. The second kappa shape index (κ2) is 8.29. The molecule has 1 aliphatic heterocycles. The van der Waals surface area contributed by atoms with Gasteiger partial charge in [-0.25, -0.2) is 0 Å². The van der Waals surface area contributed by atoms with Gasteiger partial charge in [0, 0.05) is 69.4 Å². The molecule has 4 nitrogen and oxygen atoms in total. The summed E-state index contributed by atoms with van der Waals surface area (Å²) >= 11 is 0. The third kappa shape index (κ3) is 3.75.